The molecule has 0 atom stereocenters. The fourth-order valence-corrected chi connectivity index (χ4v) is 5.18. The molecule has 0 saturated heterocycles. The van der Waals surface area contributed by atoms with E-state index in [2.05, 4.69) is 48.1 Å². The number of carbonyl (C=O) groups excluding carboxylic acids is 1. The molecule has 184 valence electrons. The Morgan fingerprint density at radius 1 is 1.03 bits per heavy atom. The van der Waals surface area contributed by atoms with Crippen molar-refractivity contribution in [3.05, 3.63) is 89.4 Å². The van der Waals surface area contributed by atoms with Crippen LogP contribution in [-0.4, -0.2) is 35.4 Å². The maximum atomic E-state index is 12.6. The van der Waals surface area contributed by atoms with E-state index in [-0.39, 0.29) is 5.91 Å². The average Bonchev–Trinajstić information content (AvgIpc) is 3.37. The van der Waals surface area contributed by atoms with E-state index in [1.807, 2.05) is 59.5 Å². The Bertz CT molecular complexity index is 1420. The van der Waals surface area contributed by atoms with Crippen molar-refractivity contribution in [3.63, 3.8) is 0 Å². The Morgan fingerprint density at radius 3 is 2.64 bits per heavy atom. The molecule has 0 unspecified atom stereocenters. The van der Waals surface area contributed by atoms with E-state index in [1.165, 1.54) is 5.56 Å². The van der Waals surface area contributed by atoms with E-state index in [9.17, 15) is 4.79 Å². The zero-order valence-electron chi connectivity index (χ0n) is 21.1. The smallest absolute Gasteiger partial charge is 0.256 e. The van der Waals surface area contributed by atoms with Gasteiger partial charge >= 0.3 is 0 Å². The first-order chi connectivity index (χ1) is 17.4. The van der Waals surface area contributed by atoms with Gasteiger partial charge in [0.15, 0.2) is 0 Å². The summed E-state index contributed by atoms with van der Waals surface area (Å²) in [6.45, 7) is 8.22. The summed E-state index contributed by atoms with van der Waals surface area (Å²) in [5.41, 5.74) is 6.75. The Hall–Kier alpha value is -3.55. The van der Waals surface area contributed by atoms with Crippen molar-refractivity contribution in [1.82, 2.24) is 14.8 Å². The number of benzene rings is 2. The molecule has 1 amide bonds. The topological polar surface area (TPSA) is 69.0 Å². The monoisotopic (exact) mass is 496 g/mol. The van der Waals surface area contributed by atoms with Gasteiger partial charge in [-0.05, 0) is 60.4 Å². The SMILES string of the molecule is C[Si](C)(C)CCOCn1nc(CCc2ccncc2)c2ccc(C=C3C(=O)Nc4ccccc43)cc21. The highest BCUT2D eigenvalue weighted by Crippen LogP contribution is 2.33. The molecule has 0 spiro atoms. The molecule has 2 aromatic carbocycles. The van der Waals surface area contributed by atoms with Crippen LogP contribution in [-0.2, 0) is 29.1 Å². The highest BCUT2D eigenvalue weighted by molar-refractivity contribution is 6.76. The number of carbonyl (C=O) groups is 1. The zero-order valence-corrected chi connectivity index (χ0v) is 22.1. The predicted octanol–water partition coefficient (Wildman–Crippen LogP) is 6.02. The van der Waals surface area contributed by atoms with E-state index in [0.717, 1.165) is 58.9 Å². The van der Waals surface area contributed by atoms with Gasteiger partial charge in [-0.3, -0.25) is 9.78 Å². The minimum absolute atomic E-state index is 0.0717. The van der Waals surface area contributed by atoms with Gasteiger partial charge in [0.05, 0.1) is 11.2 Å². The second-order valence-electron chi connectivity index (χ2n) is 10.5. The number of nitrogens with zero attached hydrogens (tertiary/aromatic N) is 3. The summed E-state index contributed by atoms with van der Waals surface area (Å²) >= 11 is 0. The van der Waals surface area contributed by atoms with Gasteiger partial charge in [-0.1, -0.05) is 50.0 Å². The maximum absolute atomic E-state index is 12.6. The number of aromatic nitrogens is 3. The minimum atomic E-state index is -1.16. The first kappa shape index (κ1) is 24.2. The lowest BCUT2D eigenvalue weighted by Gasteiger charge is -2.15. The molecule has 1 aliphatic heterocycles. The number of aryl methyl sites for hydroxylation is 2. The number of nitrogens with one attached hydrogen (secondary N) is 1. The summed E-state index contributed by atoms with van der Waals surface area (Å²) in [6, 6.07) is 19.3. The number of fused-ring (bicyclic) bond motifs is 2. The lowest BCUT2D eigenvalue weighted by atomic mass is 10.0. The molecule has 6 nitrogen and oxygen atoms in total. The summed E-state index contributed by atoms with van der Waals surface area (Å²) in [6.07, 6.45) is 7.35. The molecule has 3 heterocycles. The van der Waals surface area contributed by atoms with Gasteiger partial charge in [0.2, 0.25) is 0 Å². The Balaban J connectivity index is 1.45. The fraction of sp³-hybridized carbons (Fsp3) is 0.276. The van der Waals surface area contributed by atoms with Crippen molar-refractivity contribution in [2.45, 2.75) is 45.3 Å². The summed E-state index contributed by atoms with van der Waals surface area (Å²) in [4.78, 5) is 16.7. The quantitative estimate of drug-likeness (QED) is 0.175. The molecule has 36 heavy (non-hydrogen) atoms. The Morgan fingerprint density at radius 2 is 1.83 bits per heavy atom. The van der Waals surface area contributed by atoms with Gasteiger partial charge in [-0.15, -0.1) is 0 Å². The van der Waals surface area contributed by atoms with Crippen LogP contribution in [0, 0.1) is 0 Å². The van der Waals surface area contributed by atoms with Crippen LogP contribution in [0.1, 0.15) is 22.4 Å². The van der Waals surface area contributed by atoms with E-state index >= 15 is 0 Å². The third-order valence-corrected chi connectivity index (χ3v) is 8.19. The lowest BCUT2D eigenvalue weighted by molar-refractivity contribution is -0.110. The molecular weight excluding hydrogens is 464 g/mol. The normalized spacial score (nSPS) is 14.4. The summed E-state index contributed by atoms with van der Waals surface area (Å²) < 4.78 is 8.03. The lowest BCUT2D eigenvalue weighted by Crippen LogP contribution is -2.22. The first-order valence-electron chi connectivity index (χ1n) is 12.5. The molecule has 0 aliphatic carbocycles. The summed E-state index contributed by atoms with van der Waals surface area (Å²) in [5, 5.41) is 9.02. The standard InChI is InChI=1S/C29H32N4O2Si/c1-36(2,3)17-16-35-20-33-28-19-22(18-25-23-6-4-5-7-26(23)31-29(25)34)8-10-24(28)27(32-33)11-9-21-12-14-30-15-13-21/h4-8,10,12-15,18-19H,9,11,16-17,20H2,1-3H3,(H,31,34). The van der Waals surface area contributed by atoms with Gasteiger partial charge in [0, 0.05) is 49.3 Å². The van der Waals surface area contributed by atoms with Crippen LogP contribution >= 0.6 is 0 Å². The highest BCUT2D eigenvalue weighted by Gasteiger charge is 2.23. The van der Waals surface area contributed by atoms with Crippen molar-refractivity contribution in [1.29, 1.82) is 0 Å². The van der Waals surface area contributed by atoms with E-state index in [1.54, 1.807) is 0 Å². The summed E-state index contributed by atoms with van der Waals surface area (Å²) in [7, 11) is -1.16. The molecule has 7 heteroatoms. The molecule has 0 radical (unpaired) electrons. The predicted molar refractivity (Wildman–Crippen MR) is 148 cm³/mol. The van der Waals surface area contributed by atoms with Crippen LogP contribution in [0.25, 0.3) is 22.6 Å². The number of para-hydroxylation sites is 1. The number of pyridine rings is 1. The Labute approximate surface area is 213 Å². The molecule has 2 aromatic heterocycles. The molecule has 1 aliphatic rings. The van der Waals surface area contributed by atoms with Crippen LogP contribution < -0.4 is 5.32 Å². The Kier molecular flexibility index (Phi) is 6.85. The van der Waals surface area contributed by atoms with Gasteiger partial charge < -0.3 is 10.1 Å². The number of ether oxygens (including phenoxy) is 1. The highest BCUT2D eigenvalue weighted by atomic mass is 28.3. The molecule has 1 N–H and O–H groups in total. The molecule has 0 bridgehead atoms. The molecule has 0 saturated carbocycles. The summed E-state index contributed by atoms with van der Waals surface area (Å²) in [5.74, 6) is -0.0717. The van der Waals surface area contributed by atoms with Crippen LogP contribution in [0.4, 0.5) is 5.69 Å². The van der Waals surface area contributed by atoms with Crippen molar-refractivity contribution in [2.24, 2.45) is 0 Å². The number of hydrogen-bond donors (Lipinski definition) is 1. The second kappa shape index (κ2) is 10.2. The third-order valence-electron chi connectivity index (χ3n) is 6.48. The van der Waals surface area contributed by atoms with E-state index < -0.39 is 8.07 Å². The van der Waals surface area contributed by atoms with Crippen LogP contribution in [0.15, 0.2) is 67.0 Å². The second-order valence-corrected chi connectivity index (χ2v) is 16.1. The van der Waals surface area contributed by atoms with Crippen molar-refractivity contribution in [3.8, 4) is 0 Å². The third kappa shape index (κ3) is 5.47. The number of anilines is 1. The van der Waals surface area contributed by atoms with E-state index in [0.29, 0.717) is 12.3 Å². The van der Waals surface area contributed by atoms with Crippen molar-refractivity contribution >= 4 is 42.2 Å². The number of amides is 1. The van der Waals surface area contributed by atoms with Crippen LogP contribution in [0.2, 0.25) is 25.7 Å². The molecule has 4 aromatic rings. The minimum Gasteiger partial charge on any atom is -0.360 e. The maximum Gasteiger partial charge on any atom is 0.256 e. The largest absolute Gasteiger partial charge is 0.360 e. The van der Waals surface area contributed by atoms with Crippen LogP contribution in [0.3, 0.4) is 0 Å². The van der Waals surface area contributed by atoms with Gasteiger partial charge in [-0.25, -0.2) is 4.68 Å². The van der Waals surface area contributed by atoms with E-state index in [4.69, 9.17) is 9.84 Å². The van der Waals surface area contributed by atoms with Gasteiger partial charge in [0.1, 0.15) is 6.73 Å². The zero-order chi connectivity index (χ0) is 25.1. The average molecular weight is 497 g/mol. The van der Waals surface area contributed by atoms with Crippen molar-refractivity contribution in [2.75, 3.05) is 11.9 Å². The fourth-order valence-electron chi connectivity index (χ4n) is 4.42. The molecular formula is C29H32N4O2Si. The van der Waals surface area contributed by atoms with Crippen LogP contribution in [0.5, 0.6) is 0 Å². The van der Waals surface area contributed by atoms with Gasteiger partial charge in [-0.2, -0.15) is 5.10 Å². The van der Waals surface area contributed by atoms with Crippen molar-refractivity contribution < 1.29 is 9.53 Å². The number of rotatable bonds is 9. The van der Waals surface area contributed by atoms with Gasteiger partial charge in [0.25, 0.3) is 5.91 Å². The molecule has 0 fully saturated rings. The first-order valence-corrected chi connectivity index (χ1v) is 16.2. The number of hydrogen-bond acceptors (Lipinski definition) is 4. The molecule has 5 rings (SSSR count).